The third kappa shape index (κ3) is 51.2. The number of rotatable bonds is 53. The highest BCUT2D eigenvalue weighted by Gasteiger charge is 2.18. The molecule has 6 nitrogen and oxygen atoms in total. The molecule has 0 spiro atoms. The molecule has 0 radical (unpaired) electrons. The summed E-state index contributed by atoms with van der Waals surface area (Å²) in [7, 11) is 0. The van der Waals surface area contributed by atoms with E-state index in [1.807, 2.05) is 6.08 Å². The van der Waals surface area contributed by atoms with Crippen molar-refractivity contribution >= 4 is 11.9 Å². The number of hydrogen-bond donors (Lipinski definition) is 3. The average molecular weight is 927 g/mol. The van der Waals surface area contributed by atoms with Crippen LogP contribution in [0, 0.1) is 0 Å². The second-order valence-corrected chi connectivity index (χ2v) is 19.6. The van der Waals surface area contributed by atoms with Crippen LogP contribution in [0.3, 0.4) is 0 Å². The molecule has 0 saturated heterocycles. The van der Waals surface area contributed by atoms with E-state index in [4.69, 9.17) is 4.74 Å². The van der Waals surface area contributed by atoms with Gasteiger partial charge in [-0.25, -0.2) is 0 Å². The molecule has 0 aliphatic carbocycles. The molecule has 2 unspecified atom stereocenters. The highest BCUT2D eigenvalue weighted by Crippen LogP contribution is 2.16. The Bertz CT molecular complexity index is 1110. The molecule has 386 valence electrons. The molecule has 0 fully saturated rings. The Morgan fingerprint density at radius 3 is 1.20 bits per heavy atom. The monoisotopic (exact) mass is 926 g/mol. The van der Waals surface area contributed by atoms with E-state index in [-0.39, 0.29) is 18.5 Å². The van der Waals surface area contributed by atoms with Crippen LogP contribution in [0.25, 0.3) is 0 Å². The molecule has 6 heteroatoms. The smallest absolute Gasteiger partial charge is 0.305 e. The first-order valence-electron chi connectivity index (χ1n) is 28.9. The highest BCUT2D eigenvalue weighted by atomic mass is 16.5. The minimum absolute atomic E-state index is 0.00529. The minimum Gasteiger partial charge on any atom is -0.466 e. The number of carbonyl (C=O) groups is 2. The van der Waals surface area contributed by atoms with Crippen LogP contribution in [0.15, 0.2) is 48.6 Å². The summed E-state index contributed by atoms with van der Waals surface area (Å²) in [5, 5.41) is 23.0. The molecular formula is C60H111NO5. The largest absolute Gasteiger partial charge is 0.466 e. The van der Waals surface area contributed by atoms with E-state index in [2.05, 4.69) is 55.6 Å². The molecule has 0 aromatic carbocycles. The van der Waals surface area contributed by atoms with Crippen molar-refractivity contribution in [1.82, 2.24) is 5.32 Å². The van der Waals surface area contributed by atoms with Gasteiger partial charge in [0, 0.05) is 12.8 Å². The highest BCUT2D eigenvalue weighted by molar-refractivity contribution is 5.76. The number of carbonyl (C=O) groups excluding carboxylic acids is 2. The molecule has 0 heterocycles. The normalized spacial score (nSPS) is 13.0. The zero-order valence-corrected chi connectivity index (χ0v) is 43.9. The molecule has 1 amide bonds. The van der Waals surface area contributed by atoms with Gasteiger partial charge in [-0.3, -0.25) is 9.59 Å². The Hall–Kier alpha value is -2.18. The van der Waals surface area contributed by atoms with Gasteiger partial charge >= 0.3 is 5.97 Å². The van der Waals surface area contributed by atoms with Gasteiger partial charge in [-0.2, -0.15) is 0 Å². The first kappa shape index (κ1) is 63.8. The summed E-state index contributed by atoms with van der Waals surface area (Å²) in [6.07, 6.45) is 69.9. The van der Waals surface area contributed by atoms with Gasteiger partial charge in [-0.15, -0.1) is 0 Å². The number of esters is 1. The molecule has 0 aromatic rings. The fraction of sp³-hybridized carbons (Fsp3) is 0.833. The lowest BCUT2D eigenvalue weighted by Gasteiger charge is -2.20. The van der Waals surface area contributed by atoms with Crippen molar-refractivity contribution < 1.29 is 24.5 Å². The van der Waals surface area contributed by atoms with Crippen molar-refractivity contribution in [2.24, 2.45) is 0 Å². The predicted octanol–water partition coefficient (Wildman–Crippen LogP) is 17.8. The van der Waals surface area contributed by atoms with E-state index < -0.39 is 12.1 Å². The van der Waals surface area contributed by atoms with E-state index >= 15 is 0 Å². The summed E-state index contributed by atoms with van der Waals surface area (Å²) in [6, 6.07) is -0.633. The van der Waals surface area contributed by atoms with Crippen molar-refractivity contribution in [1.29, 1.82) is 0 Å². The maximum absolute atomic E-state index is 12.4. The minimum atomic E-state index is -0.848. The first-order valence-corrected chi connectivity index (χ1v) is 28.9. The van der Waals surface area contributed by atoms with Gasteiger partial charge in [-0.05, 0) is 89.9 Å². The summed E-state index contributed by atoms with van der Waals surface area (Å²) < 4.78 is 5.47. The topological polar surface area (TPSA) is 95.9 Å². The third-order valence-corrected chi connectivity index (χ3v) is 13.1. The van der Waals surface area contributed by atoms with Gasteiger partial charge in [0.25, 0.3) is 0 Å². The Balaban J connectivity index is 3.44. The van der Waals surface area contributed by atoms with Crippen molar-refractivity contribution in [3.63, 3.8) is 0 Å². The van der Waals surface area contributed by atoms with Crippen LogP contribution in [-0.4, -0.2) is 47.4 Å². The summed E-state index contributed by atoms with van der Waals surface area (Å²) in [5.74, 6) is -0.0818. The van der Waals surface area contributed by atoms with E-state index in [0.29, 0.717) is 19.4 Å². The quantitative estimate of drug-likeness (QED) is 0.0321. The van der Waals surface area contributed by atoms with Crippen LogP contribution >= 0.6 is 0 Å². The van der Waals surface area contributed by atoms with Crippen molar-refractivity contribution in [3.8, 4) is 0 Å². The molecule has 2 atom stereocenters. The number of aliphatic hydroxyl groups is 2. The summed E-state index contributed by atoms with van der Waals surface area (Å²) in [5.41, 5.74) is 0. The third-order valence-electron chi connectivity index (χ3n) is 13.1. The average Bonchev–Trinajstić information content (AvgIpc) is 3.32. The van der Waals surface area contributed by atoms with Crippen molar-refractivity contribution in [3.05, 3.63) is 48.6 Å². The zero-order chi connectivity index (χ0) is 47.9. The van der Waals surface area contributed by atoms with Crippen LogP contribution in [0.5, 0.6) is 0 Å². The fourth-order valence-electron chi connectivity index (χ4n) is 8.60. The Morgan fingerprint density at radius 2 is 0.758 bits per heavy atom. The molecule has 0 aliphatic heterocycles. The zero-order valence-electron chi connectivity index (χ0n) is 43.9. The number of nitrogens with one attached hydrogen (secondary N) is 1. The van der Waals surface area contributed by atoms with Gasteiger partial charge in [0.05, 0.1) is 25.4 Å². The van der Waals surface area contributed by atoms with Gasteiger partial charge < -0.3 is 20.3 Å². The molecule has 0 aliphatic rings. The number of ether oxygens (including phenoxy) is 1. The van der Waals surface area contributed by atoms with Gasteiger partial charge in [0.1, 0.15) is 0 Å². The van der Waals surface area contributed by atoms with E-state index in [9.17, 15) is 19.8 Å². The number of allylic oxidation sites excluding steroid dienone is 7. The molecule has 66 heavy (non-hydrogen) atoms. The maximum Gasteiger partial charge on any atom is 0.305 e. The van der Waals surface area contributed by atoms with Crippen LogP contribution in [0.2, 0.25) is 0 Å². The standard InChI is InChI=1S/C60H111NO5/c1-3-5-7-9-11-13-15-17-26-30-34-38-42-46-50-54-60(65)66-55-51-47-43-39-35-31-28-25-23-21-19-18-20-22-24-27-29-33-37-41-45-49-53-59(64)61-57(56-62)58(63)52-48-44-40-36-32-16-14-12-10-8-6-4-2/h11,13,17,20,22,26,48,52,57-58,62-63H,3-10,12,14-16,18-19,21,23-25,27-47,49-51,53-56H2,1-2H3,(H,61,64)/b13-11-,22-20-,26-17-,52-48+. The fourth-order valence-corrected chi connectivity index (χ4v) is 8.60. The molecule has 0 aromatic heterocycles. The molecule has 0 bridgehead atoms. The van der Waals surface area contributed by atoms with E-state index in [1.54, 1.807) is 6.08 Å². The first-order chi connectivity index (χ1) is 32.5. The van der Waals surface area contributed by atoms with Crippen molar-refractivity contribution in [2.75, 3.05) is 13.2 Å². The Morgan fingerprint density at radius 1 is 0.424 bits per heavy atom. The van der Waals surface area contributed by atoms with Crippen LogP contribution in [0.4, 0.5) is 0 Å². The lowest BCUT2D eigenvalue weighted by Crippen LogP contribution is -2.45. The predicted molar refractivity (Wildman–Crippen MR) is 287 cm³/mol. The summed E-state index contributed by atoms with van der Waals surface area (Å²) in [6.45, 7) is 4.85. The number of amides is 1. The van der Waals surface area contributed by atoms with Gasteiger partial charge in [0.15, 0.2) is 0 Å². The van der Waals surface area contributed by atoms with E-state index in [1.165, 1.54) is 212 Å². The number of aliphatic hydroxyl groups excluding tert-OH is 2. The SMILES string of the molecule is CCCCC/C=C\C/C=C\CCCCCCCC(=O)OCCCCCCCCCCCCC/C=C\CCCCCCCCCC(=O)NC(CO)C(O)/C=C/CCCCCCCCCCCC. The van der Waals surface area contributed by atoms with Crippen molar-refractivity contribution in [2.45, 2.75) is 309 Å². The summed E-state index contributed by atoms with van der Waals surface area (Å²) in [4.78, 5) is 24.5. The van der Waals surface area contributed by atoms with Crippen LogP contribution in [0.1, 0.15) is 296 Å². The Kier molecular flexibility index (Phi) is 53.6. The maximum atomic E-state index is 12.4. The summed E-state index contributed by atoms with van der Waals surface area (Å²) >= 11 is 0. The van der Waals surface area contributed by atoms with Gasteiger partial charge in [-0.1, -0.05) is 242 Å². The lowest BCUT2D eigenvalue weighted by atomic mass is 10.0. The molecule has 0 saturated carbocycles. The number of hydrogen-bond acceptors (Lipinski definition) is 5. The second-order valence-electron chi connectivity index (χ2n) is 19.6. The molecule has 3 N–H and O–H groups in total. The number of unbranched alkanes of at least 4 members (excludes halogenated alkanes) is 36. The van der Waals surface area contributed by atoms with Gasteiger partial charge in [0.2, 0.25) is 5.91 Å². The van der Waals surface area contributed by atoms with Crippen LogP contribution < -0.4 is 5.32 Å². The Labute approximate surface area is 410 Å². The van der Waals surface area contributed by atoms with Crippen LogP contribution in [-0.2, 0) is 14.3 Å². The second kappa shape index (κ2) is 55.4. The van der Waals surface area contributed by atoms with E-state index in [0.717, 1.165) is 57.8 Å². The molecule has 0 rings (SSSR count). The lowest BCUT2D eigenvalue weighted by molar-refractivity contribution is -0.143. The molecular weight excluding hydrogens is 815 g/mol.